The van der Waals surface area contributed by atoms with Crippen LogP contribution in [0, 0.1) is 0 Å². The van der Waals surface area contributed by atoms with Gasteiger partial charge in [0, 0.05) is 43.3 Å². The van der Waals surface area contributed by atoms with E-state index in [2.05, 4.69) is 22.2 Å². The average Bonchev–Trinajstić information content (AvgIpc) is 2.79. The molecule has 5 heteroatoms. The van der Waals surface area contributed by atoms with Gasteiger partial charge in [0.05, 0.1) is 0 Å². The van der Waals surface area contributed by atoms with Crippen molar-refractivity contribution in [2.45, 2.75) is 6.42 Å². The van der Waals surface area contributed by atoms with Gasteiger partial charge in [0.1, 0.15) is 11.6 Å². The Labute approximate surface area is 171 Å². The lowest BCUT2D eigenvalue weighted by atomic mass is 10.2. The Hall–Kier alpha value is -3.73. The highest BCUT2D eigenvalue weighted by atomic mass is 15.2. The van der Waals surface area contributed by atoms with E-state index in [9.17, 15) is 0 Å². The first-order chi connectivity index (χ1) is 14.3. The van der Waals surface area contributed by atoms with Gasteiger partial charge < -0.3 is 10.2 Å². The molecule has 5 nitrogen and oxygen atoms in total. The molecule has 0 aliphatic rings. The summed E-state index contributed by atoms with van der Waals surface area (Å²) in [7, 11) is 2.06. The topological polar surface area (TPSA) is 53.9 Å². The molecule has 0 amide bonds. The average molecular weight is 381 g/mol. The predicted molar refractivity (Wildman–Crippen MR) is 118 cm³/mol. The molecule has 29 heavy (non-hydrogen) atoms. The second kappa shape index (κ2) is 8.97. The molecule has 2 aromatic heterocycles. The molecular weight excluding hydrogens is 358 g/mol. The Kier molecular flexibility index (Phi) is 5.76. The monoisotopic (exact) mass is 381 g/mol. The van der Waals surface area contributed by atoms with Crippen molar-refractivity contribution in [2.75, 3.05) is 23.8 Å². The third-order valence-electron chi connectivity index (χ3n) is 4.67. The Morgan fingerprint density at radius 3 is 2.24 bits per heavy atom. The van der Waals surface area contributed by atoms with Crippen LogP contribution in [0.4, 0.5) is 17.3 Å². The van der Waals surface area contributed by atoms with Crippen molar-refractivity contribution >= 4 is 17.3 Å². The van der Waals surface area contributed by atoms with Gasteiger partial charge in [-0.05, 0) is 36.2 Å². The minimum absolute atomic E-state index is 0.706. The summed E-state index contributed by atoms with van der Waals surface area (Å²) in [5.74, 6) is 2.36. The molecule has 0 atom stereocenters. The Morgan fingerprint density at radius 1 is 0.828 bits per heavy atom. The summed E-state index contributed by atoms with van der Waals surface area (Å²) in [5.41, 5.74) is 3.25. The molecule has 0 aliphatic carbocycles. The maximum Gasteiger partial charge on any atom is 0.163 e. The second-order valence-electron chi connectivity index (χ2n) is 6.82. The lowest BCUT2D eigenvalue weighted by molar-refractivity contribution is 0.856. The van der Waals surface area contributed by atoms with E-state index in [1.165, 1.54) is 5.56 Å². The quantitative estimate of drug-likeness (QED) is 0.490. The predicted octanol–water partition coefficient (Wildman–Crippen LogP) is 4.96. The molecule has 0 fully saturated rings. The second-order valence-corrected chi connectivity index (χ2v) is 6.82. The van der Waals surface area contributed by atoms with Crippen molar-refractivity contribution < 1.29 is 0 Å². The molecule has 0 radical (unpaired) electrons. The molecule has 0 bridgehead atoms. The maximum atomic E-state index is 4.82. The molecule has 0 unspecified atom stereocenters. The van der Waals surface area contributed by atoms with Crippen molar-refractivity contribution in [1.82, 2.24) is 15.0 Å². The van der Waals surface area contributed by atoms with Crippen LogP contribution in [0.25, 0.3) is 11.4 Å². The molecule has 144 valence electrons. The fraction of sp³-hybridized carbons (Fsp3) is 0.125. The summed E-state index contributed by atoms with van der Waals surface area (Å²) in [6.45, 7) is 0.847. The zero-order valence-corrected chi connectivity index (χ0v) is 16.4. The van der Waals surface area contributed by atoms with Crippen molar-refractivity contribution in [2.24, 2.45) is 0 Å². The van der Waals surface area contributed by atoms with Crippen LogP contribution in [-0.2, 0) is 6.42 Å². The summed E-state index contributed by atoms with van der Waals surface area (Å²) in [6.07, 6.45) is 4.58. The number of hydrogen-bond donors (Lipinski definition) is 1. The van der Waals surface area contributed by atoms with Crippen LogP contribution in [0.15, 0.2) is 91.3 Å². The van der Waals surface area contributed by atoms with Gasteiger partial charge in [-0.15, -0.1) is 0 Å². The maximum absolute atomic E-state index is 4.82. The molecular formula is C24H23N5. The third-order valence-corrected chi connectivity index (χ3v) is 4.67. The van der Waals surface area contributed by atoms with E-state index in [4.69, 9.17) is 9.97 Å². The first-order valence-corrected chi connectivity index (χ1v) is 9.64. The summed E-state index contributed by atoms with van der Waals surface area (Å²) in [4.78, 5) is 15.8. The normalized spacial score (nSPS) is 10.5. The van der Waals surface area contributed by atoms with Crippen LogP contribution in [-0.4, -0.2) is 28.5 Å². The van der Waals surface area contributed by atoms with Crippen molar-refractivity contribution in [3.63, 3.8) is 0 Å². The van der Waals surface area contributed by atoms with E-state index in [1.54, 1.807) is 0 Å². The van der Waals surface area contributed by atoms with Gasteiger partial charge in [0.2, 0.25) is 0 Å². The number of anilines is 3. The molecule has 0 saturated carbocycles. The summed E-state index contributed by atoms with van der Waals surface area (Å²) in [5, 5.41) is 3.40. The van der Waals surface area contributed by atoms with Gasteiger partial charge in [0.25, 0.3) is 0 Å². The zero-order chi connectivity index (χ0) is 19.9. The first-order valence-electron chi connectivity index (χ1n) is 9.64. The minimum Gasteiger partial charge on any atom is -0.359 e. The number of nitrogens with zero attached hydrogens (tertiary/aromatic N) is 4. The van der Waals surface area contributed by atoms with Gasteiger partial charge >= 0.3 is 0 Å². The molecule has 4 aromatic rings. The van der Waals surface area contributed by atoms with E-state index < -0.39 is 0 Å². The third kappa shape index (κ3) is 4.96. The van der Waals surface area contributed by atoms with Crippen molar-refractivity contribution in [1.29, 1.82) is 0 Å². The molecule has 0 spiro atoms. The van der Waals surface area contributed by atoms with E-state index in [0.717, 1.165) is 35.9 Å². The number of para-hydroxylation sites is 1. The lowest BCUT2D eigenvalue weighted by Crippen LogP contribution is -2.22. The fourth-order valence-electron chi connectivity index (χ4n) is 3.04. The number of aromatic nitrogens is 3. The number of benzene rings is 2. The summed E-state index contributed by atoms with van der Waals surface area (Å²) >= 11 is 0. The van der Waals surface area contributed by atoms with Gasteiger partial charge in [-0.3, -0.25) is 4.98 Å². The van der Waals surface area contributed by atoms with Crippen LogP contribution in [0.1, 0.15) is 5.56 Å². The van der Waals surface area contributed by atoms with Crippen molar-refractivity contribution in [3.05, 3.63) is 96.8 Å². The summed E-state index contributed by atoms with van der Waals surface area (Å²) < 4.78 is 0. The SMILES string of the molecule is CN(CCc1ccncc1)c1cc(Nc2ccccc2)nc(-c2ccccc2)n1. The molecule has 2 aromatic carbocycles. The molecule has 4 rings (SSSR count). The van der Waals surface area contributed by atoms with Gasteiger partial charge in [-0.25, -0.2) is 9.97 Å². The number of pyridine rings is 1. The van der Waals surface area contributed by atoms with Crippen LogP contribution in [0.2, 0.25) is 0 Å². The van der Waals surface area contributed by atoms with E-state index in [-0.39, 0.29) is 0 Å². The highest BCUT2D eigenvalue weighted by Gasteiger charge is 2.11. The molecule has 0 saturated heterocycles. The minimum atomic E-state index is 0.706. The Bertz CT molecular complexity index is 1040. The summed E-state index contributed by atoms with van der Waals surface area (Å²) in [6, 6.07) is 26.2. The van der Waals surface area contributed by atoms with Gasteiger partial charge in [-0.1, -0.05) is 48.5 Å². The highest BCUT2D eigenvalue weighted by Crippen LogP contribution is 2.24. The molecule has 1 N–H and O–H groups in total. The standard InChI is InChI=1S/C24H23N5/c1-29(17-14-19-12-15-25-16-13-19)23-18-22(26-21-10-6-3-7-11-21)27-24(28-23)20-8-4-2-5-9-20/h2-13,15-16,18H,14,17H2,1H3,(H,26,27,28). The largest absolute Gasteiger partial charge is 0.359 e. The number of hydrogen-bond acceptors (Lipinski definition) is 5. The van der Waals surface area contributed by atoms with E-state index >= 15 is 0 Å². The zero-order valence-electron chi connectivity index (χ0n) is 16.4. The lowest BCUT2D eigenvalue weighted by Gasteiger charge is -2.20. The Balaban J connectivity index is 1.61. The van der Waals surface area contributed by atoms with Crippen LogP contribution in [0.3, 0.4) is 0 Å². The molecule has 0 aliphatic heterocycles. The van der Waals surface area contributed by atoms with Gasteiger partial charge in [-0.2, -0.15) is 0 Å². The van der Waals surface area contributed by atoms with Crippen LogP contribution < -0.4 is 10.2 Å². The van der Waals surface area contributed by atoms with E-state index in [0.29, 0.717) is 5.82 Å². The fourth-order valence-corrected chi connectivity index (χ4v) is 3.04. The van der Waals surface area contributed by atoms with Gasteiger partial charge in [0.15, 0.2) is 5.82 Å². The van der Waals surface area contributed by atoms with Crippen molar-refractivity contribution in [3.8, 4) is 11.4 Å². The number of likely N-dealkylation sites (N-methyl/N-ethyl adjacent to an activating group) is 1. The van der Waals surface area contributed by atoms with Crippen LogP contribution >= 0.6 is 0 Å². The number of nitrogens with one attached hydrogen (secondary N) is 1. The highest BCUT2D eigenvalue weighted by molar-refractivity contribution is 5.65. The first kappa shape index (κ1) is 18.6. The smallest absolute Gasteiger partial charge is 0.163 e. The van der Waals surface area contributed by atoms with Crippen LogP contribution in [0.5, 0.6) is 0 Å². The molecule has 2 heterocycles. The Morgan fingerprint density at radius 2 is 1.52 bits per heavy atom. The number of rotatable bonds is 7. The van der Waals surface area contributed by atoms with E-state index in [1.807, 2.05) is 91.3 Å².